The number of thioether (sulfide) groups is 1. The summed E-state index contributed by atoms with van der Waals surface area (Å²) >= 11 is 1.85. The van der Waals surface area contributed by atoms with Crippen LogP contribution < -0.4 is 5.32 Å². The molecule has 0 bridgehead atoms. The number of aryl methyl sites for hydroxylation is 1. The van der Waals surface area contributed by atoms with Gasteiger partial charge in [-0.05, 0) is 18.6 Å². The minimum absolute atomic E-state index is 0.0448. The van der Waals surface area contributed by atoms with Crippen LogP contribution in [0.3, 0.4) is 0 Å². The highest BCUT2D eigenvalue weighted by molar-refractivity contribution is 7.99. The average Bonchev–Trinajstić information content (AvgIpc) is 3.48. The summed E-state index contributed by atoms with van der Waals surface area (Å²) < 4.78 is 0. The normalized spacial score (nSPS) is 28.5. The van der Waals surface area contributed by atoms with Gasteiger partial charge in [-0.25, -0.2) is 0 Å². The second-order valence-corrected chi connectivity index (χ2v) is 9.95. The van der Waals surface area contributed by atoms with Crippen molar-refractivity contribution in [3.8, 4) is 0 Å². The number of hydrogen-bond acceptors (Lipinski definition) is 4. The molecule has 1 amide bonds. The Kier molecular flexibility index (Phi) is 4.52. The number of carbonyl (C=O) groups excluding carboxylic acids is 2. The van der Waals surface area contributed by atoms with Gasteiger partial charge in [-0.2, -0.15) is 0 Å². The quantitative estimate of drug-likeness (QED) is 0.594. The van der Waals surface area contributed by atoms with Gasteiger partial charge in [-0.15, -0.1) is 11.8 Å². The highest BCUT2D eigenvalue weighted by Crippen LogP contribution is 2.61. The molecule has 1 N–H and O–H groups in total. The number of fused-ring (bicyclic) bond motifs is 4. The molecule has 0 saturated carbocycles. The highest BCUT2D eigenvalue weighted by atomic mass is 32.2. The molecule has 0 radical (unpaired) electrons. The lowest BCUT2D eigenvalue weighted by atomic mass is 9.69. The van der Waals surface area contributed by atoms with E-state index in [2.05, 4.69) is 28.4 Å². The van der Waals surface area contributed by atoms with Crippen molar-refractivity contribution in [2.45, 2.75) is 24.4 Å². The molecule has 4 nitrogen and oxygen atoms in total. The molecule has 0 aromatic heterocycles. The second-order valence-electron chi connectivity index (χ2n) is 8.95. The van der Waals surface area contributed by atoms with Crippen LogP contribution in [0.4, 0.5) is 5.69 Å². The number of ketones is 1. The van der Waals surface area contributed by atoms with Gasteiger partial charge in [0.15, 0.2) is 5.78 Å². The monoisotopic (exact) mass is 440 g/mol. The first-order valence-corrected chi connectivity index (χ1v) is 12.2. The van der Waals surface area contributed by atoms with Crippen molar-refractivity contribution in [2.75, 3.05) is 16.9 Å². The maximum atomic E-state index is 14.2. The molecule has 1 spiro atoms. The summed E-state index contributed by atoms with van der Waals surface area (Å²) in [5, 5.41) is 3.14. The van der Waals surface area contributed by atoms with E-state index in [1.807, 2.05) is 79.3 Å². The third-order valence-electron chi connectivity index (χ3n) is 7.30. The number of nitrogens with zero attached hydrogens (tertiary/aromatic N) is 1. The molecule has 3 aromatic carbocycles. The van der Waals surface area contributed by atoms with E-state index in [1.165, 1.54) is 0 Å². The molecule has 160 valence electrons. The van der Waals surface area contributed by atoms with Crippen molar-refractivity contribution >= 4 is 29.1 Å². The van der Waals surface area contributed by atoms with Crippen LogP contribution in [0, 0.1) is 12.8 Å². The average molecular weight is 441 g/mol. The summed E-state index contributed by atoms with van der Waals surface area (Å²) in [6, 6.07) is 26.0. The largest absolute Gasteiger partial charge is 0.324 e. The van der Waals surface area contributed by atoms with Crippen LogP contribution in [0.25, 0.3) is 0 Å². The van der Waals surface area contributed by atoms with Gasteiger partial charge in [-0.3, -0.25) is 14.5 Å². The second kappa shape index (κ2) is 7.32. The number of nitrogens with one attached hydrogen (secondary N) is 1. The first-order valence-electron chi connectivity index (χ1n) is 11.0. The minimum Gasteiger partial charge on any atom is -0.324 e. The SMILES string of the molecule is Cc1ccc2c(c1)[C@]1(C(=O)N2)C(C(=O)c2ccccc2)C(c2ccccc2)C2CSCN21. The predicted molar refractivity (Wildman–Crippen MR) is 128 cm³/mol. The molecule has 2 saturated heterocycles. The van der Waals surface area contributed by atoms with E-state index in [4.69, 9.17) is 0 Å². The number of amides is 1. The molecular weight excluding hydrogens is 416 g/mol. The summed E-state index contributed by atoms with van der Waals surface area (Å²) in [6.07, 6.45) is 0. The fraction of sp³-hybridized carbons (Fsp3) is 0.259. The fourth-order valence-corrected chi connectivity index (χ4v) is 7.35. The van der Waals surface area contributed by atoms with Crippen molar-refractivity contribution in [1.29, 1.82) is 0 Å². The Hall–Kier alpha value is -2.89. The maximum absolute atomic E-state index is 14.2. The first kappa shape index (κ1) is 19.8. The van der Waals surface area contributed by atoms with Crippen molar-refractivity contribution < 1.29 is 9.59 Å². The van der Waals surface area contributed by atoms with Gasteiger partial charge in [-0.1, -0.05) is 78.4 Å². The number of hydrogen-bond donors (Lipinski definition) is 1. The van der Waals surface area contributed by atoms with E-state index in [9.17, 15) is 9.59 Å². The topological polar surface area (TPSA) is 49.4 Å². The third-order valence-corrected chi connectivity index (χ3v) is 8.34. The molecule has 6 rings (SSSR count). The molecule has 3 heterocycles. The molecule has 2 fully saturated rings. The van der Waals surface area contributed by atoms with E-state index in [1.54, 1.807) is 0 Å². The lowest BCUT2D eigenvalue weighted by molar-refractivity contribution is -0.127. The first-order chi connectivity index (χ1) is 15.6. The minimum atomic E-state index is -0.997. The van der Waals surface area contributed by atoms with E-state index in [0.29, 0.717) is 5.56 Å². The van der Waals surface area contributed by atoms with Crippen molar-refractivity contribution in [1.82, 2.24) is 4.90 Å². The van der Waals surface area contributed by atoms with E-state index in [-0.39, 0.29) is 23.7 Å². The van der Waals surface area contributed by atoms with Crippen LogP contribution in [-0.4, -0.2) is 34.3 Å². The van der Waals surface area contributed by atoms with Crippen LogP contribution >= 0.6 is 11.8 Å². The van der Waals surface area contributed by atoms with Gasteiger partial charge in [0.25, 0.3) is 0 Å². The number of carbonyl (C=O) groups is 2. The summed E-state index contributed by atoms with van der Waals surface area (Å²) in [5.41, 5.74) is 3.67. The van der Waals surface area contributed by atoms with E-state index >= 15 is 0 Å². The zero-order chi connectivity index (χ0) is 21.9. The Balaban J connectivity index is 1.63. The molecule has 3 aliphatic rings. The lowest BCUT2D eigenvalue weighted by Gasteiger charge is -2.36. The van der Waals surface area contributed by atoms with Crippen molar-refractivity contribution in [2.24, 2.45) is 5.92 Å². The fourth-order valence-electron chi connectivity index (χ4n) is 6.02. The Bertz CT molecular complexity index is 1210. The molecule has 3 unspecified atom stereocenters. The van der Waals surface area contributed by atoms with Gasteiger partial charge in [0.05, 0.1) is 5.92 Å². The van der Waals surface area contributed by atoms with Crippen LogP contribution in [-0.2, 0) is 10.3 Å². The third kappa shape index (κ3) is 2.61. The summed E-state index contributed by atoms with van der Waals surface area (Å²) in [5.74, 6) is 1.07. The summed E-state index contributed by atoms with van der Waals surface area (Å²) in [6.45, 7) is 2.05. The zero-order valence-electron chi connectivity index (χ0n) is 17.8. The van der Waals surface area contributed by atoms with Gasteiger partial charge in [0, 0.05) is 40.4 Å². The van der Waals surface area contributed by atoms with Crippen molar-refractivity contribution in [3.05, 3.63) is 101 Å². The number of anilines is 1. The molecule has 32 heavy (non-hydrogen) atoms. The maximum Gasteiger partial charge on any atom is 0.250 e. The van der Waals surface area contributed by atoms with Gasteiger partial charge >= 0.3 is 0 Å². The Morgan fingerprint density at radius 1 is 1.03 bits per heavy atom. The smallest absolute Gasteiger partial charge is 0.250 e. The van der Waals surface area contributed by atoms with Crippen molar-refractivity contribution in [3.63, 3.8) is 0 Å². The van der Waals surface area contributed by atoms with Crippen LogP contribution in [0.2, 0.25) is 0 Å². The highest BCUT2D eigenvalue weighted by Gasteiger charge is 2.69. The number of benzene rings is 3. The van der Waals surface area contributed by atoms with E-state index < -0.39 is 11.5 Å². The summed E-state index contributed by atoms with van der Waals surface area (Å²) in [7, 11) is 0. The Morgan fingerprint density at radius 3 is 2.50 bits per heavy atom. The van der Waals surface area contributed by atoms with Gasteiger partial charge in [0.2, 0.25) is 5.91 Å². The van der Waals surface area contributed by atoms with E-state index in [0.717, 1.165) is 34.0 Å². The Labute approximate surface area is 192 Å². The van der Waals surface area contributed by atoms with Gasteiger partial charge < -0.3 is 5.32 Å². The van der Waals surface area contributed by atoms with Crippen LogP contribution in [0.15, 0.2) is 78.9 Å². The van der Waals surface area contributed by atoms with Crippen LogP contribution in [0.5, 0.6) is 0 Å². The van der Waals surface area contributed by atoms with Gasteiger partial charge in [0.1, 0.15) is 5.54 Å². The lowest BCUT2D eigenvalue weighted by Crippen LogP contribution is -2.52. The molecule has 0 aliphatic carbocycles. The molecule has 3 aromatic rings. The van der Waals surface area contributed by atoms with Crippen LogP contribution in [0.1, 0.15) is 33.0 Å². The standard InChI is InChI=1S/C27H24N2O2S/c1-17-12-13-21-20(14-17)27(26(31)28-21)24(25(30)19-10-6-3-7-11-19)23(18-8-4-2-5-9-18)22-15-32-16-29(22)27/h2-14,22-24H,15-16H2,1H3,(H,28,31)/t22?,23?,24?,27-/m1/s1. The zero-order valence-corrected chi connectivity index (χ0v) is 18.6. The molecular formula is C27H24N2O2S. The number of Topliss-reactive ketones (excluding diaryl/α,β-unsaturated/α-hetero) is 1. The molecule has 5 heteroatoms. The molecule has 3 aliphatic heterocycles. The Morgan fingerprint density at radius 2 is 1.75 bits per heavy atom. The molecule has 4 atom stereocenters. The predicted octanol–water partition coefficient (Wildman–Crippen LogP) is 4.81. The number of rotatable bonds is 3. The summed E-state index contributed by atoms with van der Waals surface area (Å²) in [4.78, 5) is 30.5.